The van der Waals surface area contributed by atoms with E-state index in [1.54, 1.807) is 0 Å². The molecule has 0 N–H and O–H groups in total. The quantitative estimate of drug-likeness (QED) is 0.465. The predicted molar refractivity (Wildman–Crippen MR) is 106 cm³/mol. The van der Waals surface area contributed by atoms with Gasteiger partial charge in [-0.3, -0.25) is 0 Å². The summed E-state index contributed by atoms with van der Waals surface area (Å²) in [5.41, 5.74) is 6.84. The summed E-state index contributed by atoms with van der Waals surface area (Å²) in [4.78, 5) is 4.70. The topological polar surface area (TPSA) is 17.8 Å². The Morgan fingerprint density at radius 1 is 0.760 bits per heavy atom. The highest BCUT2D eigenvalue weighted by molar-refractivity contribution is 5.80. The first-order chi connectivity index (χ1) is 12.2. The monoisotopic (exact) mass is 324 g/mol. The van der Waals surface area contributed by atoms with Gasteiger partial charge in [0.05, 0.1) is 11.2 Å². The Labute approximate surface area is 148 Å². The molecule has 0 spiro atoms. The van der Waals surface area contributed by atoms with E-state index in [1.807, 2.05) is 18.2 Å². The number of hydrogen-bond donors (Lipinski definition) is 0. The standard InChI is InChI=1S/C23H20N2/c1-17-10-11-18(2)25(17)22-8-5-6-19(16-22)12-14-21-15-13-20-7-3-4-9-23(20)24-21/h3-16H,1-2H3/b14-12+. The van der Waals surface area contributed by atoms with Gasteiger partial charge in [-0.2, -0.15) is 0 Å². The number of hydrogen-bond acceptors (Lipinski definition) is 1. The van der Waals surface area contributed by atoms with Gasteiger partial charge in [0.25, 0.3) is 0 Å². The van der Waals surface area contributed by atoms with Crippen molar-refractivity contribution in [2.24, 2.45) is 0 Å². The van der Waals surface area contributed by atoms with Crippen LogP contribution < -0.4 is 0 Å². The average molecular weight is 324 g/mol. The molecule has 122 valence electrons. The van der Waals surface area contributed by atoms with Crippen LogP contribution in [0.4, 0.5) is 0 Å². The molecule has 2 heterocycles. The molecule has 0 aliphatic heterocycles. The lowest BCUT2D eigenvalue weighted by atomic mass is 10.1. The molecule has 0 amide bonds. The van der Waals surface area contributed by atoms with E-state index in [-0.39, 0.29) is 0 Å². The molecule has 0 saturated heterocycles. The van der Waals surface area contributed by atoms with E-state index in [4.69, 9.17) is 4.98 Å². The maximum Gasteiger partial charge on any atom is 0.0709 e. The van der Waals surface area contributed by atoms with E-state index in [2.05, 4.69) is 85.2 Å². The molecule has 2 heteroatoms. The number of rotatable bonds is 3. The van der Waals surface area contributed by atoms with Gasteiger partial charge in [-0.1, -0.05) is 42.5 Å². The maximum atomic E-state index is 4.70. The highest BCUT2D eigenvalue weighted by Gasteiger charge is 2.03. The van der Waals surface area contributed by atoms with E-state index < -0.39 is 0 Å². The first-order valence-electron chi connectivity index (χ1n) is 8.50. The zero-order valence-electron chi connectivity index (χ0n) is 14.5. The van der Waals surface area contributed by atoms with Gasteiger partial charge in [0.2, 0.25) is 0 Å². The van der Waals surface area contributed by atoms with Gasteiger partial charge in [0, 0.05) is 22.5 Å². The van der Waals surface area contributed by atoms with Crippen LogP contribution in [-0.2, 0) is 0 Å². The van der Waals surface area contributed by atoms with Crippen molar-refractivity contribution in [2.75, 3.05) is 0 Å². The van der Waals surface area contributed by atoms with Crippen LogP contribution >= 0.6 is 0 Å². The molecule has 2 aromatic carbocycles. The van der Waals surface area contributed by atoms with Crippen LogP contribution in [0.1, 0.15) is 22.6 Å². The van der Waals surface area contributed by atoms with Crippen LogP contribution in [0.3, 0.4) is 0 Å². The van der Waals surface area contributed by atoms with Crippen molar-refractivity contribution < 1.29 is 0 Å². The van der Waals surface area contributed by atoms with Gasteiger partial charge in [-0.15, -0.1) is 0 Å². The van der Waals surface area contributed by atoms with E-state index in [0.717, 1.165) is 11.2 Å². The molecule has 4 rings (SSSR count). The molecule has 2 aromatic heterocycles. The summed E-state index contributed by atoms with van der Waals surface area (Å²) in [6.45, 7) is 4.27. The number of aromatic nitrogens is 2. The zero-order chi connectivity index (χ0) is 17.2. The van der Waals surface area contributed by atoms with Crippen molar-refractivity contribution in [3.63, 3.8) is 0 Å². The Kier molecular flexibility index (Phi) is 3.95. The Morgan fingerprint density at radius 3 is 2.40 bits per heavy atom. The molecule has 0 fully saturated rings. The number of nitrogens with zero attached hydrogens (tertiary/aromatic N) is 2. The van der Waals surface area contributed by atoms with Gasteiger partial charge in [-0.05, 0) is 61.9 Å². The average Bonchev–Trinajstić information content (AvgIpc) is 2.98. The smallest absolute Gasteiger partial charge is 0.0709 e. The SMILES string of the molecule is Cc1ccc(C)n1-c1cccc(/C=C/c2ccc3ccccc3n2)c1. The van der Waals surface area contributed by atoms with Crippen molar-refractivity contribution in [3.8, 4) is 5.69 Å². The molecular weight excluding hydrogens is 304 g/mol. The van der Waals surface area contributed by atoms with Crippen LogP contribution in [0.5, 0.6) is 0 Å². The summed E-state index contributed by atoms with van der Waals surface area (Å²) in [5, 5.41) is 1.17. The number of fused-ring (bicyclic) bond motifs is 1. The van der Waals surface area contributed by atoms with Crippen molar-refractivity contribution in [1.82, 2.24) is 9.55 Å². The second-order valence-corrected chi connectivity index (χ2v) is 6.31. The minimum Gasteiger partial charge on any atom is -0.319 e. The third-order valence-corrected chi connectivity index (χ3v) is 4.47. The number of aryl methyl sites for hydroxylation is 2. The molecule has 2 nitrogen and oxygen atoms in total. The molecule has 25 heavy (non-hydrogen) atoms. The van der Waals surface area contributed by atoms with Crippen LogP contribution in [-0.4, -0.2) is 9.55 Å². The summed E-state index contributed by atoms with van der Waals surface area (Å²) in [7, 11) is 0. The maximum absolute atomic E-state index is 4.70. The third-order valence-electron chi connectivity index (χ3n) is 4.47. The highest BCUT2D eigenvalue weighted by Crippen LogP contribution is 2.19. The van der Waals surface area contributed by atoms with Crippen molar-refractivity contribution >= 4 is 23.1 Å². The Bertz CT molecular complexity index is 1050. The van der Waals surface area contributed by atoms with E-state index in [1.165, 1.54) is 28.0 Å². The minimum absolute atomic E-state index is 0.970. The molecule has 0 unspecified atom stereocenters. The Hall–Kier alpha value is -3.13. The summed E-state index contributed by atoms with van der Waals surface area (Å²) in [6, 6.07) is 25.2. The fraction of sp³-hybridized carbons (Fsp3) is 0.0870. The summed E-state index contributed by atoms with van der Waals surface area (Å²) >= 11 is 0. The predicted octanol–water partition coefficient (Wildman–Crippen LogP) is 5.81. The van der Waals surface area contributed by atoms with Gasteiger partial charge >= 0.3 is 0 Å². The molecule has 0 aliphatic carbocycles. The fourth-order valence-corrected chi connectivity index (χ4v) is 3.20. The van der Waals surface area contributed by atoms with Crippen molar-refractivity contribution in [2.45, 2.75) is 13.8 Å². The largest absolute Gasteiger partial charge is 0.319 e. The van der Waals surface area contributed by atoms with E-state index in [9.17, 15) is 0 Å². The second-order valence-electron chi connectivity index (χ2n) is 6.31. The van der Waals surface area contributed by atoms with Crippen molar-refractivity contribution in [3.05, 3.63) is 95.4 Å². The number of benzene rings is 2. The zero-order valence-corrected chi connectivity index (χ0v) is 14.5. The third kappa shape index (κ3) is 3.11. The molecular formula is C23H20N2. The van der Waals surface area contributed by atoms with Gasteiger partial charge in [0.1, 0.15) is 0 Å². The first kappa shape index (κ1) is 15.4. The van der Waals surface area contributed by atoms with Gasteiger partial charge in [0.15, 0.2) is 0 Å². The molecule has 0 radical (unpaired) electrons. The molecule has 0 bridgehead atoms. The Balaban J connectivity index is 1.66. The summed E-state index contributed by atoms with van der Waals surface area (Å²) in [6.07, 6.45) is 4.19. The van der Waals surface area contributed by atoms with E-state index >= 15 is 0 Å². The molecule has 0 atom stereocenters. The molecule has 0 saturated carbocycles. The van der Waals surface area contributed by atoms with Crippen LogP contribution in [0.15, 0.2) is 72.8 Å². The summed E-state index contributed by atoms with van der Waals surface area (Å²) in [5.74, 6) is 0. The fourth-order valence-electron chi connectivity index (χ4n) is 3.20. The molecule has 4 aromatic rings. The lowest BCUT2D eigenvalue weighted by Crippen LogP contribution is -1.98. The minimum atomic E-state index is 0.970. The van der Waals surface area contributed by atoms with E-state index in [0.29, 0.717) is 0 Å². The second kappa shape index (κ2) is 6.40. The highest BCUT2D eigenvalue weighted by atomic mass is 15.0. The van der Waals surface area contributed by atoms with Crippen molar-refractivity contribution in [1.29, 1.82) is 0 Å². The lowest BCUT2D eigenvalue weighted by Gasteiger charge is -2.10. The number of pyridine rings is 1. The number of para-hydroxylation sites is 1. The Morgan fingerprint density at radius 2 is 1.56 bits per heavy atom. The van der Waals surface area contributed by atoms with Crippen LogP contribution in [0, 0.1) is 13.8 Å². The van der Waals surface area contributed by atoms with Crippen LogP contribution in [0.25, 0.3) is 28.7 Å². The molecule has 0 aliphatic rings. The van der Waals surface area contributed by atoms with Crippen LogP contribution in [0.2, 0.25) is 0 Å². The lowest BCUT2D eigenvalue weighted by molar-refractivity contribution is 0.965. The van der Waals surface area contributed by atoms with Gasteiger partial charge in [-0.25, -0.2) is 4.98 Å². The normalized spacial score (nSPS) is 11.4. The summed E-state index contributed by atoms with van der Waals surface area (Å²) < 4.78 is 2.27. The van der Waals surface area contributed by atoms with Gasteiger partial charge < -0.3 is 4.57 Å². The first-order valence-corrected chi connectivity index (χ1v) is 8.50.